The average molecular weight is 440 g/mol. The number of nitrogens with one attached hydrogen (secondary N) is 1. The van der Waals surface area contributed by atoms with E-state index in [4.69, 9.17) is 12.2 Å². The van der Waals surface area contributed by atoms with Gasteiger partial charge in [0.05, 0.1) is 11.4 Å². The van der Waals surface area contributed by atoms with E-state index in [2.05, 4.69) is 85.3 Å². The van der Waals surface area contributed by atoms with Crippen molar-refractivity contribution in [2.75, 3.05) is 18.0 Å². The van der Waals surface area contributed by atoms with Crippen LogP contribution >= 0.6 is 24.0 Å². The van der Waals surface area contributed by atoms with Crippen molar-refractivity contribution in [3.63, 3.8) is 0 Å². The Morgan fingerprint density at radius 2 is 1.80 bits per heavy atom. The van der Waals surface area contributed by atoms with Gasteiger partial charge in [0.2, 0.25) is 0 Å². The van der Waals surface area contributed by atoms with Crippen molar-refractivity contribution in [2.24, 2.45) is 0 Å². The summed E-state index contributed by atoms with van der Waals surface area (Å²) < 4.78 is 0. The molecule has 3 atom stereocenters. The molecule has 0 saturated carbocycles. The molecule has 160 valence electrons. The predicted octanol–water partition coefficient (Wildman–Crippen LogP) is 6.23. The molecule has 2 aromatic rings. The van der Waals surface area contributed by atoms with E-state index in [1.807, 2.05) is 11.8 Å². The highest BCUT2D eigenvalue weighted by Crippen LogP contribution is 2.49. The van der Waals surface area contributed by atoms with Crippen molar-refractivity contribution in [3.05, 3.63) is 48.0 Å². The number of rotatable bonds is 6. The van der Waals surface area contributed by atoms with Crippen LogP contribution in [0.5, 0.6) is 0 Å². The molecule has 2 aliphatic rings. The van der Waals surface area contributed by atoms with E-state index in [9.17, 15) is 0 Å². The highest BCUT2D eigenvalue weighted by Gasteiger charge is 2.33. The molecule has 2 aliphatic heterocycles. The molecule has 0 spiro atoms. The van der Waals surface area contributed by atoms with Crippen molar-refractivity contribution in [3.8, 4) is 0 Å². The first kappa shape index (κ1) is 21.7. The van der Waals surface area contributed by atoms with Crippen LogP contribution in [0.25, 0.3) is 0 Å². The van der Waals surface area contributed by atoms with Gasteiger partial charge in [0, 0.05) is 46.6 Å². The number of hydrogen-bond acceptors (Lipinski definition) is 4. The van der Waals surface area contributed by atoms with E-state index < -0.39 is 0 Å². The van der Waals surface area contributed by atoms with E-state index in [1.54, 1.807) is 0 Å². The fourth-order valence-electron chi connectivity index (χ4n) is 4.73. The molecule has 3 unspecified atom stereocenters. The normalized spacial score (nSPS) is 21.8. The molecule has 0 radical (unpaired) electrons. The van der Waals surface area contributed by atoms with Gasteiger partial charge >= 0.3 is 0 Å². The molecule has 2 aromatic carbocycles. The lowest BCUT2D eigenvalue weighted by Crippen LogP contribution is -2.44. The minimum Gasteiger partial charge on any atom is -0.376 e. The summed E-state index contributed by atoms with van der Waals surface area (Å²) in [5.41, 5.74) is 3.70. The molecule has 30 heavy (non-hydrogen) atoms. The number of anilines is 2. The minimum atomic E-state index is 0.376. The third-order valence-electron chi connectivity index (χ3n) is 6.41. The molecule has 1 saturated heterocycles. The number of fused-ring (bicyclic) bond motifs is 2. The molecular formula is C25H33N3S2. The third-order valence-corrected chi connectivity index (χ3v) is 7.92. The van der Waals surface area contributed by atoms with Gasteiger partial charge < -0.3 is 10.2 Å². The van der Waals surface area contributed by atoms with Crippen LogP contribution in [0.4, 0.5) is 11.4 Å². The lowest BCUT2D eigenvalue weighted by Gasteiger charge is -2.40. The SMILES string of the molecule is CCCNC(=S)c1ccc2c(c1)N(C(C)CN1C(C)CCC1C)c1ccccc1S2. The van der Waals surface area contributed by atoms with Gasteiger partial charge in [-0.1, -0.05) is 49.1 Å². The van der Waals surface area contributed by atoms with Crippen molar-refractivity contribution in [1.82, 2.24) is 10.2 Å². The van der Waals surface area contributed by atoms with E-state index in [-0.39, 0.29) is 0 Å². The second-order valence-electron chi connectivity index (χ2n) is 8.70. The summed E-state index contributed by atoms with van der Waals surface area (Å²) in [7, 11) is 0. The molecule has 3 nitrogen and oxygen atoms in total. The summed E-state index contributed by atoms with van der Waals surface area (Å²) in [6.45, 7) is 11.3. The first-order chi connectivity index (χ1) is 14.5. The monoisotopic (exact) mass is 439 g/mol. The zero-order valence-corrected chi connectivity index (χ0v) is 20.2. The third kappa shape index (κ3) is 4.25. The van der Waals surface area contributed by atoms with Gasteiger partial charge in [-0.15, -0.1) is 0 Å². The largest absolute Gasteiger partial charge is 0.376 e. The molecule has 0 bridgehead atoms. The first-order valence-corrected chi connectivity index (χ1v) is 12.5. The van der Waals surface area contributed by atoms with E-state index >= 15 is 0 Å². The number of likely N-dealkylation sites (tertiary alicyclic amines) is 1. The standard InChI is InChI=1S/C25H33N3S2/c1-5-14-26-25(29)20-12-13-24-22(15-20)28(21-8-6-7-9-23(21)30-24)19(4)16-27-17(2)10-11-18(27)3/h6-9,12-13,15,17-19H,5,10-11,14,16H2,1-4H3,(H,26,29). The van der Waals surface area contributed by atoms with Crippen molar-refractivity contribution < 1.29 is 0 Å². The Morgan fingerprint density at radius 3 is 2.53 bits per heavy atom. The van der Waals surface area contributed by atoms with Gasteiger partial charge in [0.15, 0.2) is 0 Å². The first-order valence-electron chi connectivity index (χ1n) is 11.2. The van der Waals surface area contributed by atoms with E-state index in [1.165, 1.54) is 34.0 Å². The van der Waals surface area contributed by atoms with Crippen LogP contribution in [0, 0.1) is 0 Å². The van der Waals surface area contributed by atoms with Crippen LogP contribution in [0.2, 0.25) is 0 Å². The second-order valence-corrected chi connectivity index (χ2v) is 10.2. The molecule has 0 aliphatic carbocycles. The molecule has 1 fully saturated rings. The average Bonchev–Trinajstić information content (AvgIpc) is 3.07. The lowest BCUT2D eigenvalue weighted by molar-refractivity contribution is 0.204. The maximum atomic E-state index is 5.68. The lowest BCUT2D eigenvalue weighted by atomic mass is 10.1. The molecular weight excluding hydrogens is 406 g/mol. The topological polar surface area (TPSA) is 18.5 Å². The van der Waals surface area contributed by atoms with E-state index in [0.717, 1.165) is 30.1 Å². The fourth-order valence-corrected chi connectivity index (χ4v) is 6.02. The molecule has 0 amide bonds. The van der Waals surface area contributed by atoms with Crippen LogP contribution in [-0.4, -0.2) is 41.1 Å². The van der Waals surface area contributed by atoms with Gasteiger partial charge in [-0.05, 0) is 64.3 Å². The highest BCUT2D eigenvalue weighted by molar-refractivity contribution is 7.99. The smallest absolute Gasteiger partial charge is 0.106 e. The van der Waals surface area contributed by atoms with E-state index in [0.29, 0.717) is 18.1 Å². The maximum absolute atomic E-state index is 5.68. The Morgan fingerprint density at radius 1 is 1.10 bits per heavy atom. The number of nitrogens with zero attached hydrogens (tertiary/aromatic N) is 2. The number of benzene rings is 2. The summed E-state index contributed by atoms with van der Waals surface area (Å²) in [5, 5.41) is 3.39. The molecule has 1 N–H and O–H groups in total. The van der Waals surface area contributed by atoms with Crippen molar-refractivity contribution in [2.45, 2.75) is 74.9 Å². The van der Waals surface area contributed by atoms with Crippen molar-refractivity contribution >= 4 is 40.3 Å². The maximum Gasteiger partial charge on any atom is 0.106 e. The zero-order valence-electron chi connectivity index (χ0n) is 18.5. The van der Waals surface area contributed by atoms with Crippen LogP contribution in [-0.2, 0) is 0 Å². The zero-order chi connectivity index (χ0) is 21.3. The number of thiocarbonyl (C=S) groups is 1. The fraction of sp³-hybridized carbons (Fsp3) is 0.480. The molecule has 2 heterocycles. The summed E-state index contributed by atoms with van der Waals surface area (Å²) >= 11 is 7.54. The van der Waals surface area contributed by atoms with Gasteiger partial charge in [-0.2, -0.15) is 0 Å². The quantitative estimate of drug-likeness (QED) is 0.537. The predicted molar refractivity (Wildman–Crippen MR) is 133 cm³/mol. The molecule has 0 aromatic heterocycles. The van der Waals surface area contributed by atoms with Crippen LogP contribution < -0.4 is 10.2 Å². The highest BCUT2D eigenvalue weighted by atomic mass is 32.2. The number of hydrogen-bond donors (Lipinski definition) is 1. The Hall–Kier alpha value is -1.56. The Labute approximate surface area is 191 Å². The molecule has 5 heteroatoms. The second kappa shape index (κ2) is 9.29. The van der Waals surface area contributed by atoms with Gasteiger partial charge in [0.25, 0.3) is 0 Å². The van der Waals surface area contributed by atoms with Crippen LogP contribution in [0.3, 0.4) is 0 Å². The van der Waals surface area contributed by atoms with Gasteiger partial charge in [-0.25, -0.2) is 0 Å². The minimum absolute atomic E-state index is 0.376. The summed E-state index contributed by atoms with van der Waals surface area (Å²) in [5.74, 6) is 0. The van der Waals surface area contributed by atoms with Crippen LogP contribution in [0.1, 0.15) is 52.5 Å². The summed E-state index contributed by atoms with van der Waals surface area (Å²) in [4.78, 5) is 8.72. The number of para-hydroxylation sites is 1. The molecule has 4 rings (SSSR count). The van der Waals surface area contributed by atoms with Crippen LogP contribution in [0.15, 0.2) is 52.3 Å². The Kier molecular flexibility index (Phi) is 6.71. The summed E-state index contributed by atoms with van der Waals surface area (Å²) in [6, 6.07) is 17.2. The Bertz CT molecular complexity index is 903. The van der Waals surface area contributed by atoms with Gasteiger partial charge in [-0.3, -0.25) is 4.90 Å². The Balaban J connectivity index is 1.69. The van der Waals surface area contributed by atoms with Gasteiger partial charge in [0.1, 0.15) is 4.99 Å². The summed E-state index contributed by atoms with van der Waals surface area (Å²) in [6.07, 6.45) is 3.68. The van der Waals surface area contributed by atoms with Crippen molar-refractivity contribution in [1.29, 1.82) is 0 Å².